The molecule has 8 nitrogen and oxygen atoms in total. The minimum atomic E-state index is -3.52. The lowest BCUT2D eigenvalue weighted by atomic mass is 10.1. The Morgan fingerprint density at radius 3 is 2.50 bits per heavy atom. The lowest BCUT2D eigenvalue weighted by Gasteiger charge is -2.16. The van der Waals surface area contributed by atoms with Crippen LogP contribution in [0.2, 0.25) is 0 Å². The number of benzene rings is 2. The van der Waals surface area contributed by atoms with Gasteiger partial charge in [0.05, 0.1) is 10.4 Å². The van der Waals surface area contributed by atoms with Crippen molar-refractivity contribution in [2.24, 2.45) is 5.73 Å². The molecule has 0 aliphatic carbocycles. The molecular formula is C25H25N5O3S. The van der Waals surface area contributed by atoms with E-state index in [4.69, 9.17) is 5.73 Å². The van der Waals surface area contributed by atoms with Crippen LogP contribution in [0, 0.1) is 6.92 Å². The van der Waals surface area contributed by atoms with Gasteiger partial charge in [0.1, 0.15) is 0 Å². The van der Waals surface area contributed by atoms with Crippen LogP contribution < -0.4 is 5.73 Å². The summed E-state index contributed by atoms with van der Waals surface area (Å²) in [6.07, 6.45) is 6.87. The van der Waals surface area contributed by atoms with E-state index in [1.165, 1.54) is 12.5 Å². The zero-order valence-corrected chi connectivity index (χ0v) is 19.8. The number of aryl methyl sites for hydroxylation is 1. The first-order valence-corrected chi connectivity index (χ1v) is 12.9. The number of amides is 1. The zero-order chi connectivity index (χ0) is 24.0. The number of hydrogen-bond acceptors (Lipinski definition) is 6. The average Bonchev–Trinajstić information content (AvgIpc) is 3.42. The van der Waals surface area contributed by atoms with Crippen LogP contribution in [0.4, 0.5) is 0 Å². The van der Waals surface area contributed by atoms with Gasteiger partial charge in [-0.1, -0.05) is 35.9 Å². The molecule has 174 valence electrons. The zero-order valence-electron chi connectivity index (χ0n) is 19.0. The van der Waals surface area contributed by atoms with Gasteiger partial charge in [-0.15, -0.1) is 0 Å². The van der Waals surface area contributed by atoms with E-state index in [1.807, 2.05) is 31.2 Å². The molecule has 1 aliphatic rings. The maximum Gasteiger partial charge on any atom is 0.253 e. The van der Waals surface area contributed by atoms with Crippen LogP contribution >= 0.6 is 0 Å². The normalized spacial score (nSPS) is 16.3. The minimum Gasteiger partial charge on any atom is -0.337 e. The Morgan fingerprint density at radius 2 is 1.85 bits per heavy atom. The molecule has 34 heavy (non-hydrogen) atoms. The molecule has 1 aliphatic heterocycles. The second-order valence-corrected chi connectivity index (χ2v) is 10.8. The quantitative estimate of drug-likeness (QED) is 0.486. The van der Waals surface area contributed by atoms with Crippen molar-refractivity contribution < 1.29 is 13.2 Å². The second kappa shape index (κ2) is 8.34. The lowest BCUT2D eigenvalue weighted by Crippen LogP contribution is -2.31. The summed E-state index contributed by atoms with van der Waals surface area (Å²) < 4.78 is 26.6. The molecule has 1 saturated heterocycles. The highest BCUT2D eigenvalue weighted by atomic mass is 32.2. The van der Waals surface area contributed by atoms with Gasteiger partial charge in [-0.2, -0.15) is 0 Å². The molecule has 1 amide bonds. The topological polar surface area (TPSA) is 111 Å². The van der Waals surface area contributed by atoms with Crippen molar-refractivity contribution >= 4 is 26.6 Å². The Labute approximate surface area is 198 Å². The maximum atomic E-state index is 13.0. The van der Waals surface area contributed by atoms with Gasteiger partial charge in [0.15, 0.2) is 9.84 Å². The van der Waals surface area contributed by atoms with E-state index in [0.29, 0.717) is 35.5 Å². The monoisotopic (exact) mass is 475 g/mol. The van der Waals surface area contributed by atoms with Crippen molar-refractivity contribution in [3.05, 3.63) is 72.2 Å². The predicted octanol–water partition coefficient (Wildman–Crippen LogP) is 2.97. The Morgan fingerprint density at radius 1 is 1.09 bits per heavy atom. The van der Waals surface area contributed by atoms with Gasteiger partial charge < -0.3 is 10.6 Å². The number of nitrogens with zero attached hydrogens (tertiary/aromatic N) is 4. The van der Waals surface area contributed by atoms with E-state index in [0.717, 1.165) is 23.1 Å². The molecule has 0 spiro atoms. The highest BCUT2D eigenvalue weighted by molar-refractivity contribution is 7.91. The van der Waals surface area contributed by atoms with Crippen molar-refractivity contribution in [1.29, 1.82) is 0 Å². The molecule has 1 fully saturated rings. The van der Waals surface area contributed by atoms with E-state index in [1.54, 1.807) is 40.1 Å². The van der Waals surface area contributed by atoms with Crippen LogP contribution in [-0.4, -0.2) is 59.1 Å². The van der Waals surface area contributed by atoms with Crippen LogP contribution in [0.3, 0.4) is 0 Å². The third kappa shape index (κ3) is 4.08. The molecule has 9 heteroatoms. The number of carbonyl (C=O) groups is 1. The van der Waals surface area contributed by atoms with Crippen LogP contribution in [0.15, 0.2) is 66.0 Å². The molecule has 1 unspecified atom stereocenters. The van der Waals surface area contributed by atoms with Gasteiger partial charge >= 0.3 is 0 Å². The van der Waals surface area contributed by atoms with Gasteiger partial charge in [0.2, 0.25) is 5.95 Å². The van der Waals surface area contributed by atoms with E-state index in [9.17, 15) is 13.2 Å². The van der Waals surface area contributed by atoms with Crippen molar-refractivity contribution in [1.82, 2.24) is 19.4 Å². The van der Waals surface area contributed by atoms with E-state index >= 15 is 0 Å². The molecule has 2 N–H and O–H groups in total. The largest absolute Gasteiger partial charge is 0.337 e. The number of carbonyl (C=O) groups excluding carboxylic acids is 1. The Balaban J connectivity index is 1.60. The fourth-order valence-electron chi connectivity index (χ4n) is 4.36. The number of aromatic nitrogens is 3. The molecule has 0 bridgehead atoms. The smallest absolute Gasteiger partial charge is 0.253 e. The molecule has 1 atom stereocenters. The van der Waals surface area contributed by atoms with Crippen molar-refractivity contribution in [3.8, 4) is 17.1 Å². The molecule has 0 saturated carbocycles. The molecule has 2 aromatic heterocycles. The van der Waals surface area contributed by atoms with E-state index in [2.05, 4.69) is 9.97 Å². The fraction of sp³-hybridized carbons (Fsp3) is 0.240. The molecule has 4 aromatic rings. The second-order valence-electron chi connectivity index (χ2n) is 8.81. The molecule has 5 rings (SSSR count). The van der Waals surface area contributed by atoms with Gasteiger partial charge in [0, 0.05) is 60.5 Å². The first kappa shape index (κ1) is 22.2. The Kier molecular flexibility index (Phi) is 5.45. The summed E-state index contributed by atoms with van der Waals surface area (Å²) in [5.41, 5.74) is 9.97. The van der Waals surface area contributed by atoms with Crippen LogP contribution in [0.5, 0.6) is 0 Å². The minimum absolute atomic E-state index is 0.0197. The highest BCUT2D eigenvalue weighted by Crippen LogP contribution is 2.29. The van der Waals surface area contributed by atoms with Gasteiger partial charge in [0.25, 0.3) is 5.91 Å². The Bertz CT molecular complexity index is 1510. The fourth-order valence-corrected chi connectivity index (χ4v) is 5.23. The summed E-state index contributed by atoms with van der Waals surface area (Å²) in [6, 6.07) is 13.0. The third-order valence-electron chi connectivity index (χ3n) is 6.13. The number of sulfone groups is 1. The molecule has 2 aromatic carbocycles. The average molecular weight is 476 g/mol. The molecular weight excluding hydrogens is 450 g/mol. The highest BCUT2D eigenvalue weighted by Gasteiger charge is 2.26. The SMILES string of the molecule is Cc1cccc(-c2cnc(-n3cc(S(C)(=O)=O)c4ccc(C(=O)N5CCC(N)C5)cc43)nc2)c1. The maximum absolute atomic E-state index is 13.0. The van der Waals surface area contributed by atoms with E-state index in [-0.39, 0.29) is 16.8 Å². The number of hydrogen-bond donors (Lipinski definition) is 1. The molecule has 3 heterocycles. The van der Waals surface area contributed by atoms with Crippen LogP contribution in [-0.2, 0) is 9.84 Å². The predicted molar refractivity (Wildman–Crippen MR) is 131 cm³/mol. The number of rotatable bonds is 4. The van der Waals surface area contributed by atoms with Crippen LogP contribution in [0.1, 0.15) is 22.3 Å². The number of nitrogens with two attached hydrogens (primary N) is 1. The van der Waals surface area contributed by atoms with E-state index < -0.39 is 9.84 Å². The van der Waals surface area contributed by atoms with Crippen LogP contribution in [0.25, 0.3) is 28.0 Å². The van der Waals surface area contributed by atoms with Gasteiger partial charge in [-0.3, -0.25) is 9.36 Å². The van der Waals surface area contributed by atoms with Crippen molar-refractivity contribution in [2.45, 2.75) is 24.3 Å². The first-order chi connectivity index (χ1) is 16.2. The van der Waals surface area contributed by atoms with Crippen molar-refractivity contribution in [3.63, 3.8) is 0 Å². The standard InChI is InChI=1S/C25H25N5O3S/c1-16-4-3-5-17(10-16)19-12-27-25(28-13-19)30-15-23(34(2,32)33)21-7-6-18(11-22(21)30)24(31)29-9-8-20(26)14-29/h3-7,10-13,15,20H,8-9,14,26H2,1-2H3. The van der Waals surface area contributed by atoms with Gasteiger partial charge in [-0.25, -0.2) is 18.4 Å². The van der Waals surface area contributed by atoms with Crippen molar-refractivity contribution in [2.75, 3.05) is 19.3 Å². The third-order valence-corrected chi connectivity index (χ3v) is 7.26. The lowest BCUT2D eigenvalue weighted by molar-refractivity contribution is 0.0791. The first-order valence-electron chi connectivity index (χ1n) is 11.0. The summed E-state index contributed by atoms with van der Waals surface area (Å²) in [5, 5.41) is 0.517. The van der Waals surface area contributed by atoms with Gasteiger partial charge in [-0.05, 0) is 31.0 Å². The summed E-state index contributed by atoms with van der Waals surface area (Å²) in [7, 11) is -3.52. The Hall–Kier alpha value is -3.56. The summed E-state index contributed by atoms with van der Waals surface area (Å²) in [4.78, 5) is 23.9. The summed E-state index contributed by atoms with van der Waals surface area (Å²) in [6.45, 7) is 3.14. The molecule has 0 radical (unpaired) electrons. The summed E-state index contributed by atoms with van der Waals surface area (Å²) in [5.74, 6) is 0.198. The number of fused-ring (bicyclic) bond motifs is 1. The summed E-state index contributed by atoms with van der Waals surface area (Å²) >= 11 is 0. The number of likely N-dealkylation sites (tertiary alicyclic amines) is 1.